The second-order valence-electron chi connectivity index (χ2n) is 7.11. The van der Waals surface area contributed by atoms with Gasteiger partial charge in [-0.2, -0.15) is 0 Å². The van der Waals surface area contributed by atoms with Gasteiger partial charge in [-0.1, -0.05) is 24.3 Å². The molecule has 6 nitrogen and oxygen atoms in total. The third kappa shape index (κ3) is 5.16. The number of nitrogens with one attached hydrogen (secondary N) is 1. The van der Waals surface area contributed by atoms with Crippen LogP contribution in [0.15, 0.2) is 48.5 Å². The summed E-state index contributed by atoms with van der Waals surface area (Å²) in [6, 6.07) is 11.1. The summed E-state index contributed by atoms with van der Waals surface area (Å²) >= 11 is 0. The zero-order valence-corrected chi connectivity index (χ0v) is 16.1. The maximum atomic E-state index is 13.4. The molecule has 0 spiro atoms. The number of benzene rings is 2. The van der Waals surface area contributed by atoms with E-state index in [1.807, 2.05) is 4.90 Å². The van der Waals surface area contributed by atoms with E-state index in [0.29, 0.717) is 26.2 Å². The molecule has 0 bridgehead atoms. The van der Waals surface area contributed by atoms with Crippen molar-refractivity contribution in [3.63, 3.8) is 0 Å². The molecule has 3 amide bonds. The van der Waals surface area contributed by atoms with Crippen LogP contribution in [-0.4, -0.2) is 54.0 Å². The van der Waals surface area contributed by atoms with E-state index in [1.165, 1.54) is 24.3 Å². The first-order valence-corrected chi connectivity index (χ1v) is 9.44. The minimum atomic E-state index is -0.867. The van der Waals surface area contributed by atoms with Gasteiger partial charge in [0.1, 0.15) is 11.6 Å². The number of primary amides is 1. The molecule has 29 heavy (non-hydrogen) atoms. The molecule has 1 aliphatic heterocycles. The maximum Gasteiger partial charge on any atom is 0.318 e. The van der Waals surface area contributed by atoms with Crippen LogP contribution >= 0.6 is 0 Å². The Morgan fingerprint density at radius 3 is 1.69 bits per heavy atom. The van der Waals surface area contributed by atoms with Crippen molar-refractivity contribution in [2.75, 3.05) is 26.2 Å². The van der Waals surface area contributed by atoms with Crippen molar-refractivity contribution >= 4 is 11.9 Å². The fraction of sp³-hybridized carbons (Fsp3) is 0.333. The van der Waals surface area contributed by atoms with Crippen molar-refractivity contribution < 1.29 is 18.4 Å². The van der Waals surface area contributed by atoms with E-state index in [1.54, 1.807) is 31.2 Å². The monoisotopic (exact) mass is 402 g/mol. The Morgan fingerprint density at radius 2 is 1.28 bits per heavy atom. The number of amides is 3. The smallest absolute Gasteiger partial charge is 0.318 e. The zero-order valence-electron chi connectivity index (χ0n) is 16.1. The lowest BCUT2D eigenvalue weighted by atomic mass is 9.96. The standard InChI is InChI=1S/C21H24F2N4O2/c1-14(20(28)25-21(24)29)26-10-12-27(13-11-26)19(15-2-6-17(22)7-3-15)16-4-8-18(23)9-5-16/h2-9,14,19H,10-13H2,1H3,(H3,24,25,28,29). The van der Waals surface area contributed by atoms with E-state index in [-0.39, 0.29) is 17.7 Å². The highest BCUT2D eigenvalue weighted by Crippen LogP contribution is 2.30. The SMILES string of the molecule is CC(C(=O)NC(N)=O)N1CCN(C(c2ccc(F)cc2)c2ccc(F)cc2)CC1. The van der Waals surface area contributed by atoms with Gasteiger partial charge in [-0.3, -0.25) is 19.9 Å². The molecule has 8 heteroatoms. The van der Waals surface area contributed by atoms with Crippen molar-refractivity contribution in [2.24, 2.45) is 5.73 Å². The number of hydrogen-bond acceptors (Lipinski definition) is 4. The van der Waals surface area contributed by atoms with Crippen LogP contribution in [0.3, 0.4) is 0 Å². The van der Waals surface area contributed by atoms with Crippen LogP contribution in [-0.2, 0) is 4.79 Å². The Balaban J connectivity index is 1.76. The normalized spacial score (nSPS) is 16.6. The van der Waals surface area contributed by atoms with Crippen LogP contribution in [0, 0.1) is 11.6 Å². The van der Waals surface area contributed by atoms with Gasteiger partial charge in [0.15, 0.2) is 0 Å². The first kappa shape index (κ1) is 20.9. The van der Waals surface area contributed by atoms with E-state index < -0.39 is 18.0 Å². The average molecular weight is 402 g/mol. The number of halogens is 2. The molecule has 0 aromatic heterocycles. The molecule has 154 valence electrons. The number of nitrogens with zero attached hydrogens (tertiary/aromatic N) is 2. The molecule has 2 aromatic rings. The van der Waals surface area contributed by atoms with Crippen LogP contribution in [0.5, 0.6) is 0 Å². The van der Waals surface area contributed by atoms with Gasteiger partial charge in [0.2, 0.25) is 5.91 Å². The molecular formula is C21H24F2N4O2. The fourth-order valence-electron chi connectivity index (χ4n) is 3.68. The summed E-state index contributed by atoms with van der Waals surface area (Å²) in [5.41, 5.74) is 6.84. The van der Waals surface area contributed by atoms with Crippen molar-refractivity contribution in [3.05, 3.63) is 71.3 Å². The van der Waals surface area contributed by atoms with Crippen molar-refractivity contribution in [1.82, 2.24) is 15.1 Å². The molecule has 1 atom stereocenters. The molecule has 1 heterocycles. The summed E-state index contributed by atoms with van der Waals surface area (Å²) in [7, 11) is 0. The van der Waals surface area contributed by atoms with Gasteiger partial charge in [0, 0.05) is 26.2 Å². The number of hydrogen-bond donors (Lipinski definition) is 2. The van der Waals surface area contributed by atoms with E-state index >= 15 is 0 Å². The topological polar surface area (TPSA) is 78.7 Å². The third-order valence-corrected chi connectivity index (χ3v) is 5.26. The largest absolute Gasteiger partial charge is 0.351 e. The molecule has 0 aliphatic carbocycles. The lowest BCUT2D eigenvalue weighted by Crippen LogP contribution is -2.55. The average Bonchev–Trinajstić information content (AvgIpc) is 2.70. The molecule has 3 rings (SSSR count). The second kappa shape index (κ2) is 9.11. The highest BCUT2D eigenvalue weighted by atomic mass is 19.1. The van der Waals surface area contributed by atoms with Gasteiger partial charge in [0.25, 0.3) is 0 Å². The number of urea groups is 1. The van der Waals surface area contributed by atoms with E-state index in [0.717, 1.165) is 11.1 Å². The predicted octanol–water partition coefficient (Wildman–Crippen LogP) is 2.26. The molecule has 0 radical (unpaired) electrons. The van der Waals surface area contributed by atoms with Crippen LogP contribution < -0.4 is 11.1 Å². The maximum absolute atomic E-state index is 13.4. The Kier molecular flexibility index (Phi) is 6.56. The first-order chi connectivity index (χ1) is 13.8. The summed E-state index contributed by atoms with van der Waals surface area (Å²) in [6.07, 6.45) is 0. The summed E-state index contributed by atoms with van der Waals surface area (Å²) in [5, 5.41) is 2.11. The highest BCUT2D eigenvalue weighted by molar-refractivity contribution is 5.96. The predicted molar refractivity (Wildman–Crippen MR) is 105 cm³/mol. The quantitative estimate of drug-likeness (QED) is 0.804. The highest BCUT2D eigenvalue weighted by Gasteiger charge is 2.30. The van der Waals surface area contributed by atoms with Crippen molar-refractivity contribution in [3.8, 4) is 0 Å². The van der Waals surface area contributed by atoms with Crippen LogP contribution in [0.1, 0.15) is 24.1 Å². The Morgan fingerprint density at radius 1 is 0.862 bits per heavy atom. The second-order valence-corrected chi connectivity index (χ2v) is 7.11. The van der Waals surface area contributed by atoms with Gasteiger partial charge in [-0.15, -0.1) is 0 Å². The molecule has 3 N–H and O–H groups in total. The minimum absolute atomic E-state index is 0.159. The number of carbonyl (C=O) groups excluding carboxylic acids is 2. The number of rotatable bonds is 5. The van der Waals surface area contributed by atoms with Gasteiger partial charge in [-0.25, -0.2) is 13.6 Å². The lowest BCUT2D eigenvalue weighted by molar-refractivity contribution is -0.125. The number of carbonyl (C=O) groups is 2. The van der Waals surface area contributed by atoms with Crippen molar-refractivity contribution in [1.29, 1.82) is 0 Å². The van der Waals surface area contributed by atoms with Crippen molar-refractivity contribution in [2.45, 2.75) is 19.0 Å². The molecule has 1 saturated heterocycles. The Hall–Kier alpha value is -2.84. The molecule has 1 aliphatic rings. The zero-order chi connectivity index (χ0) is 21.0. The fourth-order valence-corrected chi connectivity index (χ4v) is 3.68. The Bertz CT molecular complexity index is 804. The molecule has 1 unspecified atom stereocenters. The molecular weight excluding hydrogens is 378 g/mol. The number of nitrogens with two attached hydrogens (primary N) is 1. The van der Waals surface area contributed by atoms with E-state index in [4.69, 9.17) is 5.73 Å². The molecule has 0 saturated carbocycles. The van der Waals surface area contributed by atoms with E-state index in [2.05, 4.69) is 10.2 Å². The lowest BCUT2D eigenvalue weighted by Gasteiger charge is -2.41. The van der Waals surface area contributed by atoms with Gasteiger partial charge in [0.05, 0.1) is 12.1 Å². The van der Waals surface area contributed by atoms with Crippen LogP contribution in [0.4, 0.5) is 13.6 Å². The summed E-state index contributed by atoms with van der Waals surface area (Å²) in [4.78, 5) is 27.1. The molecule has 2 aromatic carbocycles. The van der Waals surface area contributed by atoms with E-state index in [9.17, 15) is 18.4 Å². The number of piperazine rings is 1. The summed E-state index contributed by atoms with van der Waals surface area (Å²) in [6.45, 7) is 4.23. The van der Waals surface area contributed by atoms with Gasteiger partial charge < -0.3 is 5.73 Å². The van der Waals surface area contributed by atoms with Crippen LogP contribution in [0.2, 0.25) is 0 Å². The van der Waals surface area contributed by atoms with Crippen LogP contribution in [0.25, 0.3) is 0 Å². The Labute approximate surface area is 168 Å². The first-order valence-electron chi connectivity index (χ1n) is 9.44. The summed E-state index contributed by atoms with van der Waals surface area (Å²) in [5.74, 6) is -1.06. The van der Waals surface area contributed by atoms with Gasteiger partial charge >= 0.3 is 6.03 Å². The minimum Gasteiger partial charge on any atom is -0.351 e. The van der Waals surface area contributed by atoms with Gasteiger partial charge in [-0.05, 0) is 42.3 Å². The third-order valence-electron chi connectivity index (χ3n) is 5.26. The summed E-state index contributed by atoms with van der Waals surface area (Å²) < 4.78 is 26.8. The number of imide groups is 1. The molecule has 1 fully saturated rings.